The van der Waals surface area contributed by atoms with Crippen LogP contribution in [-0.4, -0.2) is 40.6 Å². The third-order valence-corrected chi connectivity index (χ3v) is 5.20. The number of carbonyl (C=O) groups is 1. The number of benzene rings is 2. The number of pyridine rings is 1. The van der Waals surface area contributed by atoms with Gasteiger partial charge in [0.15, 0.2) is 11.5 Å². The lowest BCUT2D eigenvalue weighted by molar-refractivity contribution is -0.119. The first kappa shape index (κ1) is 19.0. The molecule has 1 atom stereocenters. The summed E-state index contributed by atoms with van der Waals surface area (Å²) in [6, 6.07) is 13.2. The maximum atomic E-state index is 11.4. The summed E-state index contributed by atoms with van der Waals surface area (Å²) in [6.45, 7) is 0.367. The topological polar surface area (TPSA) is 95.5 Å². The van der Waals surface area contributed by atoms with Crippen LogP contribution in [0.1, 0.15) is 12.8 Å². The Bertz CT molecular complexity index is 1280. The summed E-state index contributed by atoms with van der Waals surface area (Å²) in [5, 5.41) is 4.62. The van der Waals surface area contributed by atoms with Crippen molar-refractivity contribution in [2.45, 2.75) is 18.9 Å². The molecule has 156 valence electrons. The lowest BCUT2D eigenvalue weighted by atomic mass is 10.2. The van der Waals surface area contributed by atoms with Gasteiger partial charge in [-0.1, -0.05) is 6.07 Å². The minimum Gasteiger partial charge on any atom is -0.493 e. The average molecular weight is 416 g/mol. The van der Waals surface area contributed by atoms with Gasteiger partial charge in [0.1, 0.15) is 18.7 Å². The Balaban J connectivity index is 1.44. The monoisotopic (exact) mass is 416 g/mol. The zero-order valence-corrected chi connectivity index (χ0v) is 16.9. The minimum atomic E-state index is -0.00119. The Morgan fingerprint density at radius 1 is 1.06 bits per heavy atom. The minimum absolute atomic E-state index is 0.00119. The maximum Gasteiger partial charge on any atom is 0.230 e. The standard InChI is InChI=1S/C23H20N4O4/c1-29-20-10-17-19(11-21(20)30-12-15-5-7-22(28)27-15)25-13-26-23(17)31-16-6-4-14-3-2-8-24-18(14)9-16/h2-4,6,8-11,13,15H,5,7,12H2,1H3,(H,27,28). The van der Waals surface area contributed by atoms with E-state index in [-0.39, 0.29) is 11.9 Å². The first-order valence-electron chi connectivity index (χ1n) is 9.97. The van der Waals surface area contributed by atoms with Crippen LogP contribution in [0.15, 0.2) is 55.0 Å². The molecule has 4 aromatic rings. The maximum absolute atomic E-state index is 11.4. The van der Waals surface area contributed by atoms with Crippen molar-refractivity contribution in [1.29, 1.82) is 0 Å². The van der Waals surface area contributed by atoms with Crippen LogP contribution in [0.4, 0.5) is 0 Å². The number of nitrogens with zero attached hydrogens (tertiary/aromatic N) is 3. The van der Waals surface area contributed by atoms with Gasteiger partial charge in [-0.15, -0.1) is 0 Å². The highest BCUT2D eigenvalue weighted by molar-refractivity contribution is 5.87. The lowest BCUT2D eigenvalue weighted by Crippen LogP contribution is -2.30. The van der Waals surface area contributed by atoms with E-state index in [0.29, 0.717) is 47.1 Å². The largest absolute Gasteiger partial charge is 0.493 e. The summed E-state index contributed by atoms with van der Waals surface area (Å²) in [5.74, 6) is 2.18. The molecule has 1 amide bonds. The van der Waals surface area contributed by atoms with Gasteiger partial charge in [0.25, 0.3) is 0 Å². The number of fused-ring (bicyclic) bond motifs is 2. The molecule has 2 aromatic heterocycles. The van der Waals surface area contributed by atoms with E-state index in [2.05, 4.69) is 20.3 Å². The molecule has 1 aliphatic rings. The van der Waals surface area contributed by atoms with Crippen molar-refractivity contribution in [1.82, 2.24) is 20.3 Å². The molecule has 5 rings (SSSR count). The van der Waals surface area contributed by atoms with Crippen molar-refractivity contribution in [3.63, 3.8) is 0 Å². The first-order valence-corrected chi connectivity index (χ1v) is 9.97. The predicted molar refractivity (Wildman–Crippen MR) is 115 cm³/mol. The van der Waals surface area contributed by atoms with Crippen LogP contribution in [0.5, 0.6) is 23.1 Å². The molecule has 8 nitrogen and oxygen atoms in total. The Morgan fingerprint density at radius 2 is 2.00 bits per heavy atom. The van der Waals surface area contributed by atoms with E-state index >= 15 is 0 Å². The second-order valence-corrected chi connectivity index (χ2v) is 7.27. The molecule has 1 unspecified atom stereocenters. The lowest BCUT2D eigenvalue weighted by Gasteiger charge is -2.15. The van der Waals surface area contributed by atoms with Crippen LogP contribution >= 0.6 is 0 Å². The summed E-state index contributed by atoms with van der Waals surface area (Å²) in [6.07, 6.45) is 4.48. The summed E-state index contributed by atoms with van der Waals surface area (Å²) < 4.78 is 17.5. The van der Waals surface area contributed by atoms with Crippen molar-refractivity contribution in [2.75, 3.05) is 13.7 Å². The number of carbonyl (C=O) groups excluding carboxylic acids is 1. The Kier molecular flexibility index (Phi) is 4.95. The van der Waals surface area contributed by atoms with Gasteiger partial charge in [0.2, 0.25) is 11.8 Å². The summed E-state index contributed by atoms with van der Waals surface area (Å²) in [5.41, 5.74) is 1.50. The number of nitrogens with one attached hydrogen (secondary N) is 1. The van der Waals surface area contributed by atoms with E-state index in [4.69, 9.17) is 14.2 Å². The van der Waals surface area contributed by atoms with Crippen LogP contribution < -0.4 is 19.5 Å². The number of rotatable bonds is 6. The van der Waals surface area contributed by atoms with E-state index in [1.807, 2.05) is 30.3 Å². The summed E-state index contributed by atoms with van der Waals surface area (Å²) in [7, 11) is 1.57. The highest BCUT2D eigenvalue weighted by Gasteiger charge is 2.22. The van der Waals surface area contributed by atoms with Gasteiger partial charge in [0, 0.05) is 30.1 Å². The van der Waals surface area contributed by atoms with Crippen LogP contribution in [0.3, 0.4) is 0 Å². The number of aromatic nitrogens is 3. The molecule has 3 heterocycles. The van der Waals surface area contributed by atoms with Crippen molar-refractivity contribution < 1.29 is 19.0 Å². The predicted octanol–water partition coefficient (Wildman–Crippen LogP) is 3.64. The normalized spacial score (nSPS) is 15.8. The zero-order valence-electron chi connectivity index (χ0n) is 16.9. The van der Waals surface area contributed by atoms with Gasteiger partial charge in [-0.3, -0.25) is 9.78 Å². The highest BCUT2D eigenvalue weighted by atomic mass is 16.5. The van der Waals surface area contributed by atoms with Crippen molar-refractivity contribution in [3.05, 3.63) is 55.0 Å². The van der Waals surface area contributed by atoms with Crippen molar-refractivity contribution in [3.8, 4) is 23.1 Å². The van der Waals surface area contributed by atoms with E-state index in [1.54, 1.807) is 25.4 Å². The molecule has 1 fully saturated rings. The molecule has 0 spiro atoms. The Morgan fingerprint density at radius 3 is 2.84 bits per heavy atom. The number of ether oxygens (including phenoxy) is 3. The number of hydrogen-bond acceptors (Lipinski definition) is 7. The van der Waals surface area contributed by atoms with Crippen molar-refractivity contribution >= 4 is 27.7 Å². The molecule has 8 heteroatoms. The molecule has 0 aliphatic carbocycles. The smallest absolute Gasteiger partial charge is 0.230 e. The fourth-order valence-corrected chi connectivity index (χ4v) is 3.61. The molecule has 0 saturated carbocycles. The van der Waals surface area contributed by atoms with Gasteiger partial charge in [-0.25, -0.2) is 9.97 Å². The van der Waals surface area contributed by atoms with Crippen LogP contribution in [0.2, 0.25) is 0 Å². The number of amides is 1. The summed E-state index contributed by atoms with van der Waals surface area (Å²) >= 11 is 0. The average Bonchev–Trinajstić information content (AvgIpc) is 3.22. The van der Waals surface area contributed by atoms with E-state index in [9.17, 15) is 4.79 Å². The van der Waals surface area contributed by atoms with Gasteiger partial charge >= 0.3 is 0 Å². The van der Waals surface area contributed by atoms with Crippen LogP contribution in [0, 0.1) is 0 Å². The zero-order chi connectivity index (χ0) is 21.2. The third kappa shape index (κ3) is 3.92. The Labute approximate surface area is 178 Å². The molecule has 1 N–H and O–H groups in total. The molecule has 2 aromatic carbocycles. The fourth-order valence-electron chi connectivity index (χ4n) is 3.61. The molecule has 0 radical (unpaired) electrons. The Hall–Kier alpha value is -3.94. The van der Waals surface area contributed by atoms with E-state index in [0.717, 1.165) is 17.3 Å². The number of methoxy groups -OCH3 is 1. The third-order valence-electron chi connectivity index (χ3n) is 5.20. The first-order chi connectivity index (χ1) is 15.2. The van der Waals surface area contributed by atoms with Crippen LogP contribution in [-0.2, 0) is 4.79 Å². The van der Waals surface area contributed by atoms with Gasteiger partial charge in [-0.05, 0) is 30.7 Å². The van der Waals surface area contributed by atoms with Crippen molar-refractivity contribution in [2.24, 2.45) is 0 Å². The van der Waals surface area contributed by atoms with Crippen LogP contribution in [0.25, 0.3) is 21.8 Å². The van der Waals surface area contributed by atoms with Gasteiger partial charge in [0.05, 0.1) is 29.6 Å². The summed E-state index contributed by atoms with van der Waals surface area (Å²) in [4.78, 5) is 24.4. The molecule has 1 saturated heterocycles. The fraction of sp³-hybridized carbons (Fsp3) is 0.217. The molecule has 0 bridgehead atoms. The quantitative estimate of drug-likeness (QED) is 0.513. The molecule has 31 heavy (non-hydrogen) atoms. The number of hydrogen-bond donors (Lipinski definition) is 1. The SMILES string of the molecule is COc1cc2c(Oc3ccc4cccnc4c3)ncnc2cc1OCC1CCC(=O)N1. The molecular weight excluding hydrogens is 396 g/mol. The molecule has 1 aliphatic heterocycles. The van der Waals surface area contributed by atoms with E-state index in [1.165, 1.54) is 6.33 Å². The molecular formula is C23H20N4O4. The highest BCUT2D eigenvalue weighted by Crippen LogP contribution is 2.36. The van der Waals surface area contributed by atoms with Gasteiger partial charge < -0.3 is 19.5 Å². The van der Waals surface area contributed by atoms with E-state index < -0.39 is 0 Å². The van der Waals surface area contributed by atoms with Gasteiger partial charge in [-0.2, -0.15) is 0 Å². The second-order valence-electron chi connectivity index (χ2n) is 7.27. The second kappa shape index (κ2) is 8.06.